The van der Waals surface area contributed by atoms with Crippen molar-refractivity contribution in [2.45, 2.75) is 38.6 Å². The third kappa shape index (κ3) is 4.12. The molecule has 1 saturated heterocycles. The molecule has 0 bridgehead atoms. The fourth-order valence-corrected chi connectivity index (χ4v) is 3.48. The van der Waals surface area contributed by atoms with E-state index >= 15 is 0 Å². The molecular weight excluding hydrogens is 330 g/mol. The van der Waals surface area contributed by atoms with Crippen LogP contribution < -0.4 is 0 Å². The zero-order valence-corrected chi connectivity index (χ0v) is 16.2. The molecule has 1 aliphatic rings. The van der Waals surface area contributed by atoms with Gasteiger partial charge in [-0.1, -0.05) is 0 Å². The molecule has 0 spiro atoms. The van der Waals surface area contributed by atoms with Crippen molar-refractivity contribution in [1.82, 2.24) is 34.1 Å². The number of imidazole rings is 1. The zero-order valence-electron chi connectivity index (χ0n) is 16.2. The molecule has 8 heteroatoms. The second-order valence-corrected chi connectivity index (χ2v) is 7.37. The van der Waals surface area contributed by atoms with Crippen LogP contribution in [0.5, 0.6) is 0 Å². The van der Waals surface area contributed by atoms with Crippen LogP contribution in [0.4, 0.5) is 0 Å². The third-order valence-electron chi connectivity index (χ3n) is 5.15. The van der Waals surface area contributed by atoms with Crippen LogP contribution >= 0.6 is 0 Å². The molecule has 26 heavy (non-hydrogen) atoms. The van der Waals surface area contributed by atoms with Crippen LogP contribution in [0.15, 0.2) is 12.4 Å². The molecule has 0 unspecified atom stereocenters. The first-order valence-electron chi connectivity index (χ1n) is 9.24. The lowest BCUT2D eigenvalue weighted by Gasteiger charge is -2.32. The van der Waals surface area contributed by atoms with E-state index in [0.29, 0.717) is 13.0 Å². The lowest BCUT2D eigenvalue weighted by molar-refractivity contribution is -0.132. The summed E-state index contributed by atoms with van der Waals surface area (Å²) in [5.41, 5.74) is 0. The minimum absolute atomic E-state index is 0.236. The summed E-state index contributed by atoms with van der Waals surface area (Å²) in [4.78, 5) is 20.8. The molecule has 0 aromatic carbocycles. The summed E-state index contributed by atoms with van der Waals surface area (Å²) >= 11 is 0. The van der Waals surface area contributed by atoms with Gasteiger partial charge in [0.2, 0.25) is 5.91 Å². The van der Waals surface area contributed by atoms with Crippen molar-refractivity contribution in [3.63, 3.8) is 0 Å². The minimum atomic E-state index is 0.236. The number of hydrogen-bond donors (Lipinski definition) is 0. The second-order valence-electron chi connectivity index (χ2n) is 7.37. The molecule has 8 nitrogen and oxygen atoms in total. The number of carbonyl (C=O) groups is 1. The largest absolute Gasteiger partial charge is 0.342 e. The van der Waals surface area contributed by atoms with Crippen molar-refractivity contribution in [2.24, 2.45) is 7.05 Å². The molecule has 0 saturated carbocycles. The lowest BCUT2D eigenvalue weighted by atomic mass is 9.97. The van der Waals surface area contributed by atoms with Gasteiger partial charge < -0.3 is 18.9 Å². The molecule has 1 aliphatic heterocycles. The number of piperidine rings is 1. The van der Waals surface area contributed by atoms with Gasteiger partial charge in [0, 0.05) is 51.4 Å². The summed E-state index contributed by atoms with van der Waals surface area (Å²) in [6.07, 6.45) is 6.39. The lowest BCUT2D eigenvalue weighted by Crippen LogP contribution is -2.40. The van der Waals surface area contributed by atoms with Crippen LogP contribution in [-0.4, -0.2) is 73.8 Å². The number of aryl methyl sites for hydroxylation is 1. The summed E-state index contributed by atoms with van der Waals surface area (Å²) in [6.45, 7) is 5.02. The van der Waals surface area contributed by atoms with Gasteiger partial charge in [-0.05, 0) is 33.9 Å². The molecule has 142 valence electrons. The smallest absolute Gasteiger partial charge is 0.223 e. The van der Waals surface area contributed by atoms with E-state index in [1.54, 1.807) is 6.20 Å². The highest BCUT2D eigenvalue weighted by Crippen LogP contribution is 2.26. The van der Waals surface area contributed by atoms with Gasteiger partial charge in [-0.2, -0.15) is 0 Å². The van der Waals surface area contributed by atoms with Crippen molar-refractivity contribution in [3.8, 4) is 0 Å². The number of nitrogens with zero attached hydrogens (tertiary/aromatic N) is 7. The predicted octanol–water partition coefficient (Wildman–Crippen LogP) is 1.03. The molecule has 1 atom stereocenters. The highest BCUT2D eigenvalue weighted by Gasteiger charge is 2.28. The van der Waals surface area contributed by atoms with Crippen LogP contribution in [0.2, 0.25) is 0 Å². The maximum Gasteiger partial charge on any atom is 0.223 e. The predicted molar refractivity (Wildman–Crippen MR) is 98.8 cm³/mol. The number of aromatic nitrogens is 5. The van der Waals surface area contributed by atoms with Gasteiger partial charge in [-0.3, -0.25) is 4.79 Å². The van der Waals surface area contributed by atoms with E-state index < -0.39 is 0 Å². The Labute approximate surface area is 154 Å². The summed E-state index contributed by atoms with van der Waals surface area (Å²) in [6, 6.07) is 0. The SMILES string of the molecule is Cc1nccn1Cc1nnc([C@@H]2CCCN(C(=O)CCN(C)C)C2)n1C. The molecule has 2 aromatic heterocycles. The van der Waals surface area contributed by atoms with Crippen molar-refractivity contribution in [2.75, 3.05) is 33.7 Å². The monoisotopic (exact) mass is 359 g/mol. The molecule has 3 rings (SSSR count). The Morgan fingerprint density at radius 3 is 2.85 bits per heavy atom. The fourth-order valence-electron chi connectivity index (χ4n) is 3.48. The minimum Gasteiger partial charge on any atom is -0.342 e. The van der Waals surface area contributed by atoms with E-state index in [9.17, 15) is 4.79 Å². The molecule has 2 aromatic rings. The van der Waals surface area contributed by atoms with E-state index in [1.807, 2.05) is 44.1 Å². The quantitative estimate of drug-likeness (QED) is 0.770. The van der Waals surface area contributed by atoms with Crippen molar-refractivity contribution < 1.29 is 4.79 Å². The van der Waals surface area contributed by atoms with Crippen LogP contribution in [0.25, 0.3) is 0 Å². The molecule has 0 radical (unpaired) electrons. The van der Waals surface area contributed by atoms with E-state index in [-0.39, 0.29) is 11.8 Å². The Bertz CT molecular complexity index is 749. The van der Waals surface area contributed by atoms with E-state index in [2.05, 4.69) is 24.3 Å². The highest BCUT2D eigenvalue weighted by atomic mass is 16.2. The molecule has 0 N–H and O–H groups in total. The average molecular weight is 359 g/mol. The Balaban J connectivity index is 1.67. The van der Waals surface area contributed by atoms with Crippen LogP contribution in [-0.2, 0) is 18.4 Å². The third-order valence-corrected chi connectivity index (χ3v) is 5.15. The van der Waals surface area contributed by atoms with Gasteiger partial charge in [0.25, 0.3) is 0 Å². The Morgan fingerprint density at radius 2 is 2.15 bits per heavy atom. The van der Waals surface area contributed by atoms with Crippen LogP contribution in [0, 0.1) is 6.92 Å². The Kier molecular flexibility index (Phi) is 5.70. The maximum absolute atomic E-state index is 12.5. The molecule has 0 aliphatic carbocycles. The van der Waals surface area contributed by atoms with Gasteiger partial charge in [-0.15, -0.1) is 10.2 Å². The van der Waals surface area contributed by atoms with Gasteiger partial charge in [-0.25, -0.2) is 4.98 Å². The Morgan fingerprint density at radius 1 is 1.35 bits per heavy atom. The molecule has 3 heterocycles. The zero-order chi connectivity index (χ0) is 18.7. The van der Waals surface area contributed by atoms with Crippen molar-refractivity contribution in [3.05, 3.63) is 29.9 Å². The number of amides is 1. The normalized spacial score (nSPS) is 17.9. The van der Waals surface area contributed by atoms with Gasteiger partial charge >= 0.3 is 0 Å². The number of rotatable bonds is 6. The molecular formula is C18H29N7O. The summed E-state index contributed by atoms with van der Waals surface area (Å²) in [7, 11) is 6.01. The number of carbonyl (C=O) groups excluding carboxylic acids is 1. The summed E-state index contributed by atoms with van der Waals surface area (Å²) < 4.78 is 4.14. The maximum atomic E-state index is 12.5. The highest BCUT2D eigenvalue weighted by molar-refractivity contribution is 5.76. The summed E-state index contributed by atoms with van der Waals surface area (Å²) in [5.74, 6) is 3.34. The fraction of sp³-hybridized carbons (Fsp3) is 0.667. The van der Waals surface area contributed by atoms with Gasteiger partial charge in [0.15, 0.2) is 5.82 Å². The second kappa shape index (κ2) is 7.99. The van der Waals surface area contributed by atoms with Crippen LogP contribution in [0.3, 0.4) is 0 Å². The topological polar surface area (TPSA) is 72.1 Å². The average Bonchev–Trinajstić information content (AvgIpc) is 3.19. The molecule has 1 amide bonds. The van der Waals surface area contributed by atoms with Crippen LogP contribution in [0.1, 0.15) is 42.7 Å². The first-order valence-corrected chi connectivity index (χ1v) is 9.24. The van der Waals surface area contributed by atoms with Gasteiger partial charge in [0.05, 0.1) is 6.54 Å². The van der Waals surface area contributed by atoms with Crippen molar-refractivity contribution in [1.29, 1.82) is 0 Å². The first kappa shape index (κ1) is 18.6. The Hall–Kier alpha value is -2.22. The first-order chi connectivity index (χ1) is 12.5. The standard InChI is InChI=1S/C18H29N7O/c1-14-19-8-11-24(14)13-16-20-21-18(23(16)4)15-6-5-9-25(12-15)17(26)7-10-22(2)3/h8,11,15H,5-7,9-10,12-13H2,1-4H3/t15-/m1/s1. The van der Waals surface area contributed by atoms with Crippen molar-refractivity contribution >= 4 is 5.91 Å². The van der Waals surface area contributed by atoms with Gasteiger partial charge in [0.1, 0.15) is 11.6 Å². The summed E-state index contributed by atoms with van der Waals surface area (Å²) in [5, 5.41) is 8.84. The molecule has 1 fully saturated rings. The van der Waals surface area contributed by atoms with E-state index in [0.717, 1.165) is 49.9 Å². The van der Waals surface area contributed by atoms with E-state index in [1.165, 1.54) is 0 Å². The number of likely N-dealkylation sites (tertiary alicyclic amines) is 1. The number of hydrogen-bond acceptors (Lipinski definition) is 5. The van der Waals surface area contributed by atoms with E-state index in [4.69, 9.17) is 0 Å².